The number of esters is 4. The lowest BCUT2D eigenvalue weighted by molar-refractivity contribution is -0.138. The molecule has 0 aliphatic heterocycles. The van der Waals surface area contributed by atoms with E-state index in [-0.39, 0.29) is 50.1 Å². The van der Waals surface area contributed by atoms with Crippen molar-refractivity contribution in [2.75, 3.05) is 26.4 Å². The Hall–Kier alpha value is -5.66. The predicted octanol–water partition coefficient (Wildman–Crippen LogP) is 6.68. The highest BCUT2D eigenvalue weighted by molar-refractivity contribution is 5.91. The van der Waals surface area contributed by atoms with Crippen LogP contribution < -0.4 is 9.47 Å². The molecule has 1 aliphatic carbocycles. The van der Waals surface area contributed by atoms with E-state index >= 15 is 0 Å². The molecule has 2 aromatic rings. The lowest BCUT2D eigenvalue weighted by Gasteiger charge is -2.28. The Kier molecular flexibility index (Phi) is 16.9. The van der Waals surface area contributed by atoms with Crippen LogP contribution in [0.2, 0.25) is 0 Å². The van der Waals surface area contributed by atoms with E-state index in [0.29, 0.717) is 73.6 Å². The van der Waals surface area contributed by atoms with E-state index in [4.69, 9.17) is 37.9 Å². The molecule has 1 fully saturated rings. The SMILES string of the molecule is C=CC(=O)OCCCCOC(=O)Oc1ccc(C(=O)O[C@H]2CC[C@H](OC(=O)c3ccc(OC(=O)OCCCCOC(=O)C=C)c(C)c3)CC2)cc1C. The van der Waals surface area contributed by atoms with Crippen molar-refractivity contribution in [2.24, 2.45) is 0 Å². The van der Waals surface area contributed by atoms with Gasteiger partial charge in [0.15, 0.2) is 0 Å². The highest BCUT2D eigenvalue weighted by Gasteiger charge is 2.27. The average molecular weight is 725 g/mol. The molecule has 0 unspecified atom stereocenters. The Balaban J connectivity index is 1.35. The summed E-state index contributed by atoms with van der Waals surface area (Å²) in [5.41, 5.74) is 1.65. The van der Waals surface area contributed by atoms with Crippen LogP contribution >= 0.6 is 0 Å². The quantitative estimate of drug-likeness (QED) is 0.0523. The highest BCUT2D eigenvalue weighted by Crippen LogP contribution is 2.27. The maximum atomic E-state index is 12.8. The average Bonchev–Trinajstić information content (AvgIpc) is 3.13. The number of aryl methyl sites for hydroxylation is 2. The van der Waals surface area contributed by atoms with Crippen molar-refractivity contribution in [2.45, 2.75) is 77.4 Å². The predicted molar refractivity (Wildman–Crippen MR) is 184 cm³/mol. The summed E-state index contributed by atoms with van der Waals surface area (Å²) in [7, 11) is 0. The number of carbonyl (C=O) groups excluding carboxylic acids is 6. The van der Waals surface area contributed by atoms with Gasteiger partial charge in [0.05, 0.1) is 37.6 Å². The zero-order valence-corrected chi connectivity index (χ0v) is 29.4. The fraction of sp³-hybridized carbons (Fsp3) is 0.421. The molecule has 0 N–H and O–H groups in total. The van der Waals surface area contributed by atoms with Crippen molar-refractivity contribution in [3.05, 3.63) is 84.0 Å². The van der Waals surface area contributed by atoms with Crippen LogP contribution in [0.5, 0.6) is 11.5 Å². The van der Waals surface area contributed by atoms with Crippen LogP contribution in [0.25, 0.3) is 0 Å². The van der Waals surface area contributed by atoms with E-state index in [1.54, 1.807) is 26.0 Å². The number of ether oxygens (including phenoxy) is 8. The second-order valence-electron chi connectivity index (χ2n) is 11.7. The van der Waals surface area contributed by atoms with Gasteiger partial charge in [0.2, 0.25) is 0 Å². The highest BCUT2D eigenvalue weighted by atomic mass is 16.7. The first-order valence-electron chi connectivity index (χ1n) is 16.9. The van der Waals surface area contributed by atoms with Crippen LogP contribution in [-0.4, -0.2) is 74.8 Å². The lowest BCUT2D eigenvalue weighted by atomic mass is 9.94. The van der Waals surface area contributed by atoms with Crippen LogP contribution in [0.4, 0.5) is 9.59 Å². The fourth-order valence-corrected chi connectivity index (χ4v) is 4.91. The number of hydrogen-bond donors (Lipinski definition) is 0. The van der Waals surface area contributed by atoms with Gasteiger partial charge in [0, 0.05) is 12.2 Å². The molecule has 0 amide bonds. The third-order valence-corrected chi connectivity index (χ3v) is 7.72. The molecule has 0 radical (unpaired) electrons. The first-order valence-corrected chi connectivity index (χ1v) is 16.9. The van der Waals surface area contributed by atoms with Crippen molar-refractivity contribution in [3.8, 4) is 11.5 Å². The number of unbranched alkanes of at least 4 members (excludes halogenated alkanes) is 2. The van der Waals surface area contributed by atoms with Crippen molar-refractivity contribution in [1.29, 1.82) is 0 Å². The molecule has 0 atom stereocenters. The molecular formula is C38H44O14. The summed E-state index contributed by atoms with van der Waals surface area (Å²) < 4.78 is 41.6. The van der Waals surface area contributed by atoms with Gasteiger partial charge in [-0.2, -0.15) is 0 Å². The van der Waals surface area contributed by atoms with E-state index in [2.05, 4.69) is 13.2 Å². The van der Waals surface area contributed by atoms with Crippen LogP contribution in [-0.2, 0) is 38.0 Å². The molecule has 14 nitrogen and oxygen atoms in total. The number of benzene rings is 2. The van der Waals surface area contributed by atoms with Crippen LogP contribution in [0, 0.1) is 13.8 Å². The second-order valence-corrected chi connectivity index (χ2v) is 11.7. The molecule has 0 bridgehead atoms. The van der Waals surface area contributed by atoms with Gasteiger partial charge in [-0.3, -0.25) is 0 Å². The third-order valence-electron chi connectivity index (χ3n) is 7.72. The molecule has 2 aromatic carbocycles. The molecular weight excluding hydrogens is 680 g/mol. The second kappa shape index (κ2) is 21.5. The molecule has 0 spiro atoms. The molecule has 1 saturated carbocycles. The zero-order chi connectivity index (χ0) is 37.9. The van der Waals surface area contributed by atoms with Crippen LogP contribution in [0.3, 0.4) is 0 Å². The zero-order valence-electron chi connectivity index (χ0n) is 29.4. The smallest absolute Gasteiger partial charge is 0.463 e. The summed E-state index contributed by atoms with van der Waals surface area (Å²) >= 11 is 0. The number of hydrogen-bond acceptors (Lipinski definition) is 14. The number of carbonyl (C=O) groups is 6. The van der Waals surface area contributed by atoms with Gasteiger partial charge in [-0.05, 0) is 113 Å². The van der Waals surface area contributed by atoms with Gasteiger partial charge in [-0.1, -0.05) is 13.2 Å². The van der Waals surface area contributed by atoms with Gasteiger partial charge in [-0.15, -0.1) is 0 Å². The topological polar surface area (TPSA) is 176 Å². The van der Waals surface area contributed by atoms with Gasteiger partial charge >= 0.3 is 36.2 Å². The van der Waals surface area contributed by atoms with E-state index in [1.165, 1.54) is 24.3 Å². The summed E-state index contributed by atoms with van der Waals surface area (Å²) in [6.07, 6.45) is 3.59. The first kappa shape index (κ1) is 40.8. The lowest BCUT2D eigenvalue weighted by Crippen LogP contribution is -2.29. The largest absolute Gasteiger partial charge is 0.513 e. The van der Waals surface area contributed by atoms with Crippen LogP contribution in [0.1, 0.15) is 83.2 Å². The van der Waals surface area contributed by atoms with Crippen molar-refractivity contribution >= 4 is 36.2 Å². The Labute approximate surface area is 301 Å². The van der Waals surface area contributed by atoms with Crippen LogP contribution in [0.15, 0.2) is 61.7 Å². The summed E-state index contributed by atoms with van der Waals surface area (Å²) in [5.74, 6) is -1.61. The van der Waals surface area contributed by atoms with Gasteiger partial charge in [-0.25, -0.2) is 28.8 Å². The molecule has 0 aromatic heterocycles. The minimum Gasteiger partial charge on any atom is -0.463 e. The summed E-state index contributed by atoms with van der Waals surface area (Å²) in [4.78, 5) is 71.8. The summed E-state index contributed by atoms with van der Waals surface area (Å²) in [5, 5.41) is 0. The minimum atomic E-state index is -0.895. The van der Waals surface area contributed by atoms with E-state index < -0.39 is 36.2 Å². The molecule has 14 heteroatoms. The Morgan fingerprint density at radius 3 is 1.25 bits per heavy atom. The van der Waals surface area contributed by atoms with Crippen molar-refractivity contribution in [1.82, 2.24) is 0 Å². The Morgan fingerprint density at radius 1 is 0.577 bits per heavy atom. The summed E-state index contributed by atoms with van der Waals surface area (Å²) in [6.45, 7) is 10.5. The Morgan fingerprint density at radius 2 is 0.923 bits per heavy atom. The molecule has 0 heterocycles. The van der Waals surface area contributed by atoms with Crippen molar-refractivity contribution < 1.29 is 66.7 Å². The standard InChI is InChI=1S/C38H44O14/c1-5-33(39)45-19-7-9-21-47-37(43)51-31-17-11-27(23-25(31)3)35(41)49-29-13-15-30(16-14-29)50-36(42)28-12-18-32(26(4)24-28)52-38(44)48-22-10-8-20-46-34(40)6-2/h5-6,11-12,17-18,23-24,29-30H,1-2,7-10,13-16,19-22H2,3-4H3/t29-,30-. The molecule has 3 rings (SSSR count). The van der Waals surface area contributed by atoms with E-state index in [1.807, 2.05) is 0 Å². The maximum Gasteiger partial charge on any atom is 0.513 e. The Bertz CT molecular complexity index is 1470. The first-order chi connectivity index (χ1) is 25.0. The third kappa shape index (κ3) is 14.3. The number of rotatable bonds is 18. The molecule has 1 aliphatic rings. The molecule has 52 heavy (non-hydrogen) atoms. The minimum absolute atomic E-state index is 0.0832. The van der Waals surface area contributed by atoms with Gasteiger partial charge < -0.3 is 37.9 Å². The maximum absolute atomic E-state index is 12.8. The van der Waals surface area contributed by atoms with Gasteiger partial charge in [0.25, 0.3) is 0 Å². The monoisotopic (exact) mass is 724 g/mol. The van der Waals surface area contributed by atoms with E-state index in [0.717, 1.165) is 12.2 Å². The molecule has 0 saturated heterocycles. The van der Waals surface area contributed by atoms with Crippen molar-refractivity contribution in [3.63, 3.8) is 0 Å². The molecule has 280 valence electrons. The van der Waals surface area contributed by atoms with E-state index in [9.17, 15) is 28.8 Å². The van der Waals surface area contributed by atoms with Gasteiger partial charge in [0.1, 0.15) is 23.7 Å². The normalized spacial score (nSPS) is 14.9. The fourth-order valence-electron chi connectivity index (χ4n) is 4.91. The summed E-state index contributed by atoms with van der Waals surface area (Å²) in [6, 6.07) is 9.08.